The summed E-state index contributed by atoms with van der Waals surface area (Å²) >= 11 is 0. The molecule has 6 nitrogen and oxygen atoms in total. The van der Waals surface area contributed by atoms with E-state index in [2.05, 4.69) is 118 Å². The van der Waals surface area contributed by atoms with Crippen molar-refractivity contribution in [3.63, 3.8) is 0 Å². The first-order valence-electron chi connectivity index (χ1n) is 32.7. The predicted molar refractivity (Wildman–Crippen MR) is 334 cm³/mol. The lowest BCUT2D eigenvalue weighted by Crippen LogP contribution is -2.30. The highest BCUT2D eigenvalue weighted by molar-refractivity contribution is 5.71. The molecule has 0 aliphatic carbocycles. The van der Waals surface area contributed by atoms with Crippen LogP contribution in [0, 0.1) is 0 Å². The van der Waals surface area contributed by atoms with Crippen molar-refractivity contribution in [1.82, 2.24) is 0 Å². The summed E-state index contributed by atoms with van der Waals surface area (Å²) in [7, 11) is 0. The maximum absolute atomic E-state index is 12.9. The molecule has 0 N–H and O–H groups in total. The minimum Gasteiger partial charge on any atom is -0.462 e. The third-order valence-electron chi connectivity index (χ3n) is 14.1. The van der Waals surface area contributed by atoms with E-state index in [1.165, 1.54) is 167 Å². The standard InChI is InChI=1S/C71H122O6/c1-4-7-10-13-16-19-22-25-27-29-30-31-32-33-34-35-36-37-38-39-40-42-43-46-49-52-55-58-61-64-70(73)76-67-68(66-75-69(72)63-60-57-54-51-48-45-24-21-18-15-12-9-6-3)77-71(74)65-62-59-56-53-50-47-44-41-28-26-23-20-17-14-11-8-5-2/h7,10,16,19,25-28,30-31,33-34,36-37,39-40,68H,4-6,8-9,11-15,17-18,20-24,29,32,35,38,41-67H2,1-3H3/b10-7-,19-16-,27-25-,28-26-,31-30-,34-33-,37-36-,40-39-. The van der Waals surface area contributed by atoms with Crippen LogP contribution in [0.3, 0.4) is 0 Å². The van der Waals surface area contributed by atoms with E-state index in [0.717, 1.165) is 109 Å². The molecule has 0 aromatic carbocycles. The van der Waals surface area contributed by atoms with Crippen LogP contribution in [0.5, 0.6) is 0 Å². The second-order valence-electron chi connectivity index (χ2n) is 21.6. The largest absolute Gasteiger partial charge is 0.462 e. The number of rotatable bonds is 59. The van der Waals surface area contributed by atoms with Crippen LogP contribution >= 0.6 is 0 Å². The molecule has 0 saturated heterocycles. The van der Waals surface area contributed by atoms with Gasteiger partial charge in [0.25, 0.3) is 0 Å². The zero-order chi connectivity index (χ0) is 55.7. The van der Waals surface area contributed by atoms with Gasteiger partial charge in [0.15, 0.2) is 6.10 Å². The predicted octanol–water partition coefficient (Wildman–Crippen LogP) is 22.4. The van der Waals surface area contributed by atoms with E-state index < -0.39 is 6.10 Å². The topological polar surface area (TPSA) is 78.9 Å². The van der Waals surface area contributed by atoms with Crippen molar-refractivity contribution in [3.05, 3.63) is 97.2 Å². The fourth-order valence-corrected chi connectivity index (χ4v) is 9.18. The average Bonchev–Trinajstić information content (AvgIpc) is 3.43. The van der Waals surface area contributed by atoms with Crippen molar-refractivity contribution in [2.24, 2.45) is 0 Å². The molecule has 0 aromatic rings. The maximum atomic E-state index is 12.9. The van der Waals surface area contributed by atoms with Gasteiger partial charge in [-0.3, -0.25) is 14.4 Å². The quantitative estimate of drug-likeness (QED) is 0.0261. The van der Waals surface area contributed by atoms with Crippen molar-refractivity contribution in [3.8, 4) is 0 Å². The van der Waals surface area contributed by atoms with Crippen LogP contribution in [0.4, 0.5) is 0 Å². The summed E-state index contributed by atoms with van der Waals surface area (Å²) in [6.07, 6.45) is 86.9. The van der Waals surface area contributed by atoms with E-state index in [-0.39, 0.29) is 31.1 Å². The highest BCUT2D eigenvalue weighted by Gasteiger charge is 2.19. The van der Waals surface area contributed by atoms with Crippen LogP contribution in [0.15, 0.2) is 97.2 Å². The number of hydrogen-bond acceptors (Lipinski definition) is 6. The van der Waals surface area contributed by atoms with Gasteiger partial charge in [-0.2, -0.15) is 0 Å². The Morgan fingerprint density at radius 2 is 0.506 bits per heavy atom. The number of carbonyl (C=O) groups is 3. The highest BCUT2D eigenvalue weighted by atomic mass is 16.6. The SMILES string of the molecule is CC/C=C\C/C=C\C/C=C\C/C=C\C/C=C\C/C=C\C/C=C\CCCCCCCCCC(=O)OCC(COC(=O)CCCCCCCCCCCCCCC)OC(=O)CCCCCCCCC/C=C\CCCCCCCC. The summed E-state index contributed by atoms with van der Waals surface area (Å²) in [6.45, 7) is 6.54. The third-order valence-corrected chi connectivity index (χ3v) is 14.1. The van der Waals surface area contributed by atoms with Gasteiger partial charge < -0.3 is 14.2 Å². The fraction of sp³-hybridized carbons (Fsp3) is 0.732. The van der Waals surface area contributed by atoms with Gasteiger partial charge in [0.2, 0.25) is 0 Å². The fourth-order valence-electron chi connectivity index (χ4n) is 9.18. The zero-order valence-electron chi connectivity index (χ0n) is 50.7. The van der Waals surface area contributed by atoms with Crippen molar-refractivity contribution in [1.29, 1.82) is 0 Å². The first-order chi connectivity index (χ1) is 38.0. The van der Waals surface area contributed by atoms with Crippen LogP contribution in [0.2, 0.25) is 0 Å². The van der Waals surface area contributed by atoms with Gasteiger partial charge in [0, 0.05) is 19.3 Å². The van der Waals surface area contributed by atoms with Gasteiger partial charge in [-0.15, -0.1) is 0 Å². The summed E-state index contributed by atoms with van der Waals surface area (Å²) in [5.41, 5.74) is 0. The Hall–Kier alpha value is -3.67. The Labute approximate surface area is 477 Å². The molecule has 0 heterocycles. The molecule has 1 unspecified atom stereocenters. The smallest absolute Gasteiger partial charge is 0.306 e. The van der Waals surface area contributed by atoms with Gasteiger partial charge in [-0.1, -0.05) is 291 Å². The van der Waals surface area contributed by atoms with Crippen molar-refractivity contribution >= 4 is 17.9 Å². The molecule has 0 radical (unpaired) electrons. The Bertz CT molecular complexity index is 1510. The van der Waals surface area contributed by atoms with E-state index in [1.807, 2.05) is 0 Å². The first-order valence-corrected chi connectivity index (χ1v) is 32.7. The molecule has 77 heavy (non-hydrogen) atoms. The molecule has 0 amide bonds. The van der Waals surface area contributed by atoms with E-state index >= 15 is 0 Å². The maximum Gasteiger partial charge on any atom is 0.306 e. The number of carbonyl (C=O) groups excluding carboxylic acids is 3. The molecule has 1 atom stereocenters. The number of hydrogen-bond donors (Lipinski definition) is 0. The Morgan fingerprint density at radius 3 is 0.805 bits per heavy atom. The first kappa shape index (κ1) is 73.3. The summed E-state index contributed by atoms with van der Waals surface area (Å²) in [4.78, 5) is 38.3. The normalized spacial score (nSPS) is 12.7. The molecule has 0 saturated carbocycles. The van der Waals surface area contributed by atoms with Crippen LogP contribution in [-0.2, 0) is 28.6 Å². The summed E-state index contributed by atoms with van der Waals surface area (Å²) in [5.74, 6) is -0.884. The van der Waals surface area contributed by atoms with Crippen LogP contribution in [0.1, 0.15) is 316 Å². The van der Waals surface area contributed by atoms with E-state index in [1.54, 1.807) is 0 Å². The minimum atomic E-state index is -0.784. The van der Waals surface area contributed by atoms with Crippen molar-refractivity contribution in [2.45, 2.75) is 322 Å². The summed E-state index contributed by atoms with van der Waals surface area (Å²) in [6, 6.07) is 0. The second-order valence-corrected chi connectivity index (χ2v) is 21.6. The third kappa shape index (κ3) is 63.0. The molecular weight excluding hydrogens is 949 g/mol. The monoisotopic (exact) mass is 1070 g/mol. The summed E-state index contributed by atoms with van der Waals surface area (Å²) in [5, 5.41) is 0. The Balaban J connectivity index is 4.32. The number of esters is 3. The highest BCUT2D eigenvalue weighted by Crippen LogP contribution is 2.16. The zero-order valence-corrected chi connectivity index (χ0v) is 50.7. The van der Waals surface area contributed by atoms with Gasteiger partial charge in [0.05, 0.1) is 0 Å². The molecular formula is C71H122O6. The van der Waals surface area contributed by atoms with Gasteiger partial charge in [-0.05, 0) is 103 Å². The molecule has 0 aromatic heterocycles. The van der Waals surface area contributed by atoms with Crippen LogP contribution in [-0.4, -0.2) is 37.2 Å². The minimum absolute atomic E-state index is 0.0796. The number of unbranched alkanes of at least 4 members (excludes halogenated alkanes) is 32. The summed E-state index contributed by atoms with van der Waals surface area (Å²) < 4.78 is 16.9. The average molecular weight is 1070 g/mol. The molecule has 0 aliphatic heterocycles. The molecule has 0 spiro atoms. The molecule has 6 heteroatoms. The van der Waals surface area contributed by atoms with E-state index in [0.29, 0.717) is 19.3 Å². The van der Waals surface area contributed by atoms with E-state index in [9.17, 15) is 14.4 Å². The molecule has 0 aliphatic rings. The Kier molecular flexibility index (Phi) is 61.8. The molecule has 0 rings (SSSR count). The van der Waals surface area contributed by atoms with Gasteiger partial charge in [0.1, 0.15) is 13.2 Å². The lowest BCUT2D eigenvalue weighted by atomic mass is 10.0. The molecule has 442 valence electrons. The van der Waals surface area contributed by atoms with Gasteiger partial charge >= 0.3 is 17.9 Å². The van der Waals surface area contributed by atoms with E-state index in [4.69, 9.17) is 14.2 Å². The van der Waals surface area contributed by atoms with Crippen molar-refractivity contribution in [2.75, 3.05) is 13.2 Å². The Morgan fingerprint density at radius 1 is 0.273 bits per heavy atom. The van der Waals surface area contributed by atoms with Gasteiger partial charge in [-0.25, -0.2) is 0 Å². The lowest BCUT2D eigenvalue weighted by Gasteiger charge is -2.18. The second kappa shape index (κ2) is 64.9. The van der Waals surface area contributed by atoms with Crippen molar-refractivity contribution < 1.29 is 28.6 Å². The number of allylic oxidation sites excluding steroid dienone is 16. The molecule has 0 bridgehead atoms. The molecule has 0 fully saturated rings. The lowest BCUT2D eigenvalue weighted by molar-refractivity contribution is -0.167. The van der Waals surface area contributed by atoms with Crippen LogP contribution in [0.25, 0.3) is 0 Å². The van der Waals surface area contributed by atoms with Crippen LogP contribution < -0.4 is 0 Å². The number of ether oxygens (including phenoxy) is 3.